The van der Waals surface area contributed by atoms with Crippen molar-refractivity contribution in [3.63, 3.8) is 0 Å². The van der Waals surface area contributed by atoms with Crippen LogP contribution in [0.15, 0.2) is 11.6 Å². The molecule has 0 aliphatic carbocycles. The highest BCUT2D eigenvalue weighted by Gasteiger charge is 2.10. The normalized spacial score (nSPS) is 13.0. The molecule has 2 heterocycles. The summed E-state index contributed by atoms with van der Waals surface area (Å²) in [6.45, 7) is 4.14. The van der Waals surface area contributed by atoms with Crippen molar-refractivity contribution in [1.29, 1.82) is 0 Å². The predicted molar refractivity (Wildman–Crippen MR) is 65.4 cm³/mol. The van der Waals surface area contributed by atoms with Crippen molar-refractivity contribution in [1.82, 2.24) is 15.3 Å². The van der Waals surface area contributed by atoms with Crippen molar-refractivity contribution in [2.24, 2.45) is 0 Å². The molecular weight excluding hydrogens is 226 g/mol. The number of aromatic nitrogens is 2. The summed E-state index contributed by atoms with van der Waals surface area (Å²) in [7, 11) is 1.96. The van der Waals surface area contributed by atoms with Crippen LogP contribution < -0.4 is 5.32 Å². The average molecular weight is 239 g/mol. The van der Waals surface area contributed by atoms with E-state index in [1.54, 1.807) is 22.7 Å². The standard InChI is InChI=1S/C10H13N3S2/c1-6(11-3)9-4-12-10(15-9)8-5-14-7(2)13-8/h4-6,11H,1-3H3. The Morgan fingerprint density at radius 3 is 2.87 bits per heavy atom. The number of rotatable bonds is 3. The first kappa shape index (κ1) is 10.7. The summed E-state index contributed by atoms with van der Waals surface area (Å²) in [6.07, 6.45) is 1.93. The van der Waals surface area contributed by atoms with Crippen LogP contribution in [0, 0.1) is 6.92 Å². The number of aryl methyl sites for hydroxylation is 1. The van der Waals surface area contributed by atoms with Crippen molar-refractivity contribution in [2.75, 3.05) is 7.05 Å². The fourth-order valence-electron chi connectivity index (χ4n) is 1.21. The van der Waals surface area contributed by atoms with Crippen LogP contribution in [0.1, 0.15) is 22.9 Å². The van der Waals surface area contributed by atoms with Crippen LogP contribution in [0.4, 0.5) is 0 Å². The van der Waals surface area contributed by atoms with E-state index in [4.69, 9.17) is 0 Å². The van der Waals surface area contributed by atoms with E-state index in [9.17, 15) is 0 Å². The maximum Gasteiger partial charge on any atom is 0.142 e. The molecule has 15 heavy (non-hydrogen) atoms. The molecule has 0 saturated heterocycles. The van der Waals surface area contributed by atoms with E-state index in [1.165, 1.54) is 4.88 Å². The lowest BCUT2D eigenvalue weighted by molar-refractivity contribution is 0.662. The lowest BCUT2D eigenvalue weighted by Crippen LogP contribution is -2.10. The second kappa shape index (κ2) is 4.38. The van der Waals surface area contributed by atoms with Crippen LogP contribution in [0.3, 0.4) is 0 Å². The fourth-order valence-corrected chi connectivity index (χ4v) is 2.82. The van der Waals surface area contributed by atoms with Gasteiger partial charge in [0.15, 0.2) is 0 Å². The molecule has 0 aliphatic heterocycles. The van der Waals surface area contributed by atoms with Gasteiger partial charge in [0.05, 0.1) is 5.01 Å². The molecule has 0 aromatic carbocycles. The molecule has 1 atom stereocenters. The van der Waals surface area contributed by atoms with Gasteiger partial charge in [0, 0.05) is 22.5 Å². The third-order valence-corrected chi connectivity index (χ3v) is 4.20. The Labute approximate surface area is 97.2 Å². The number of hydrogen-bond donors (Lipinski definition) is 1. The quantitative estimate of drug-likeness (QED) is 0.895. The van der Waals surface area contributed by atoms with Crippen molar-refractivity contribution in [3.8, 4) is 10.7 Å². The zero-order valence-electron chi connectivity index (χ0n) is 8.94. The van der Waals surface area contributed by atoms with Gasteiger partial charge >= 0.3 is 0 Å². The van der Waals surface area contributed by atoms with Gasteiger partial charge in [-0.05, 0) is 20.9 Å². The highest BCUT2D eigenvalue weighted by atomic mass is 32.1. The molecule has 0 spiro atoms. The minimum Gasteiger partial charge on any atom is -0.312 e. The van der Waals surface area contributed by atoms with E-state index in [2.05, 4.69) is 27.6 Å². The van der Waals surface area contributed by atoms with Crippen LogP contribution in [-0.4, -0.2) is 17.0 Å². The largest absolute Gasteiger partial charge is 0.312 e. The van der Waals surface area contributed by atoms with Crippen molar-refractivity contribution in [3.05, 3.63) is 21.5 Å². The third kappa shape index (κ3) is 2.25. The van der Waals surface area contributed by atoms with E-state index in [-0.39, 0.29) is 0 Å². The van der Waals surface area contributed by atoms with Gasteiger partial charge in [0.1, 0.15) is 10.7 Å². The smallest absolute Gasteiger partial charge is 0.142 e. The van der Waals surface area contributed by atoms with Crippen LogP contribution in [0.2, 0.25) is 0 Å². The molecule has 80 valence electrons. The second-order valence-electron chi connectivity index (χ2n) is 3.33. The monoisotopic (exact) mass is 239 g/mol. The Morgan fingerprint density at radius 2 is 2.27 bits per heavy atom. The van der Waals surface area contributed by atoms with Gasteiger partial charge in [-0.2, -0.15) is 0 Å². The van der Waals surface area contributed by atoms with E-state index in [0.29, 0.717) is 6.04 Å². The summed E-state index contributed by atoms with van der Waals surface area (Å²) in [5.41, 5.74) is 0.997. The maximum atomic E-state index is 4.43. The van der Waals surface area contributed by atoms with Crippen molar-refractivity contribution >= 4 is 22.7 Å². The number of hydrogen-bond acceptors (Lipinski definition) is 5. The number of nitrogens with one attached hydrogen (secondary N) is 1. The second-order valence-corrected chi connectivity index (χ2v) is 5.45. The summed E-state index contributed by atoms with van der Waals surface area (Å²) in [5, 5.41) is 7.36. The Morgan fingerprint density at radius 1 is 1.47 bits per heavy atom. The first-order valence-electron chi connectivity index (χ1n) is 4.76. The molecule has 3 nitrogen and oxygen atoms in total. The topological polar surface area (TPSA) is 37.8 Å². The van der Waals surface area contributed by atoms with Gasteiger partial charge in [-0.3, -0.25) is 0 Å². The highest BCUT2D eigenvalue weighted by molar-refractivity contribution is 7.15. The minimum atomic E-state index is 0.357. The minimum absolute atomic E-state index is 0.357. The maximum absolute atomic E-state index is 4.43. The van der Waals surface area contributed by atoms with Crippen molar-refractivity contribution in [2.45, 2.75) is 19.9 Å². The molecule has 1 N–H and O–H groups in total. The molecule has 0 saturated carbocycles. The van der Waals surface area contributed by atoms with Gasteiger partial charge in [0.25, 0.3) is 0 Å². The van der Waals surface area contributed by atoms with E-state index >= 15 is 0 Å². The lowest BCUT2D eigenvalue weighted by Gasteiger charge is -2.04. The number of thiazole rings is 2. The molecule has 2 rings (SSSR count). The van der Waals surface area contributed by atoms with Gasteiger partial charge < -0.3 is 5.32 Å². The lowest BCUT2D eigenvalue weighted by atomic mass is 10.3. The Kier molecular flexibility index (Phi) is 3.14. The van der Waals surface area contributed by atoms with Crippen LogP contribution in [0.25, 0.3) is 10.7 Å². The van der Waals surface area contributed by atoms with E-state index < -0.39 is 0 Å². The van der Waals surface area contributed by atoms with Gasteiger partial charge in [-0.25, -0.2) is 9.97 Å². The number of nitrogens with zero attached hydrogens (tertiary/aromatic N) is 2. The molecule has 0 bridgehead atoms. The Balaban J connectivity index is 2.27. The van der Waals surface area contributed by atoms with Gasteiger partial charge in [-0.15, -0.1) is 22.7 Å². The van der Waals surface area contributed by atoms with Gasteiger partial charge in [-0.1, -0.05) is 0 Å². The van der Waals surface area contributed by atoms with Crippen LogP contribution >= 0.6 is 22.7 Å². The Bertz CT molecular complexity index is 447. The molecule has 1 unspecified atom stereocenters. The fraction of sp³-hybridized carbons (Fsp3) is 0.400. The molecule has 5 heteroatoms. The predicted octanol–water partition coefficient (Wildman–Crippen LogP) is 2.86. The molecule has 0 aliphatic rings. The van der Waals surface area contributed by atoms with E-state index in [0.717, 1.165) is 15.7 Å². The summed E-state index contributed by atoms with van der Waals surface area (Å²) in [4.78, 5) is 10.1. The highest BCUT2D eigenvalue weighted by Crippen LogP contribution is 2.29. The average Bonchev–Trinajstić information content (AvgIpc) is 2.84. The van der Waals surface area contributed by atoms with Crippen LogP contribution in [0.5, 0.6) is 0 Å². The van der Waals surface area contributed by atoms with E-state index in [1.807, 2.05) is 20.2 Å². The molecular formula is C10H13N3S2. The van der Waals surface area contributed by atoms with Crippen LogP contribution in [-0.2, 0) is 0 Å². The SMILES string of the molecule is CNC(C)c1cnc(-c2csc(C)n2)s1. The van der Waals surface area contributed by atoms with Crippen molar-refractivity contribution < 1.29 is 0 Å². The summed E-state index contributed by atoms with van der Waals surface area (Å²) >= 11 is 3.37. The summed E-state index contributed by atoms with van der Waals surface area (Å²) in [6, 6.07) is 0.357. The van der Waals surface area contributed by atoms with Gasteiger partial charge in [0.2, 0.25) is 0 Å². The first-order valence-corrected chi connectivity index (χ1v) is 6.46. The molecule has 2 aromatic heterocycles. The summed E-state index contributed by atoms with van der Waals surface area (Å²) < 4.78 is 0. The molecule has 2 aromatic rings. The molecule has 0 radical (unpaired) electrons. The molecule has 0 fully saturated rings. The zero-order chi connectivity index (χ0) is 10.8. The Hall–Kier alpha value is -0.780. The summed E-state index contributed by atoms with van der Waals surface area (Å²) in [5.74, 6) is 0. The first-order chi connectivity index (χ1) is 7.20. The zero-order valence-corrected chi connectivity index (χ0v) is 10.6. The third-order valence-electron chi connectivity index (χ3n) is 2.22. The molecule has 0 amide bonds.